The Kier molecular flexibility index (Phi) is 7.40. The minimum Gasteiger partial charge on any atom is -0.461 e. The monoisotopic (exact) mass is 418 g/mol. The number of Topliss-reactive ketones (excluding diaryl/α,β-unsaturated/α-hetero) is 1. The van der Waals surface area contributed by atoms with Crippen LogP contribution in [-0.4, -0.2) is 21.3 Å². The SMILES string of the molecule is CCc1c(C(C)=O)cc(-c2ccnc(CC(CC)C(=O)OCc3ccccc3)c2)n1C. The first-order valence-electron chi connectivity index (χ1n) is 10.8. The quantitative estimate of drug-likeness (QED) is 0.355. The lowest BCUT2D eigenvalue weighted by molar-refractivity contribution is -0.150. The van der Waals surface area contributed by atoms with Gasteiger partial charge in [0.05, 0.1) is 5.92 Å². The Labute approximate surface area is 184 Å². The van der Waals surface area contributed by atoms with E-state index in [1.54, 1.807) is 13.1 Å². The number of pyridine rings is 1. The predicted octanol–water partition coefficient (Wildman–Crippen LogP) is 5.16. The third-order valence-electron chi connectivity index (χ3n) is 5.69. The third kappa shape index (κ3) is 5.29. The van der Waals surface area contributed by atoms with Crippen LogP contribution in [0.25, 0.3) is 11.3 Å². The van der Waals surface area contributed by atoms with Gasteiger partial charge in [0, 0.05) is 47.9 Å². The second kappa shape index (κ2) is 10.2. The molecule has 31 heavy (non-hydrogen) atoms. The number of hydrogen-bond acceptors (Lipinski definition) is 4. The number of aromatic nitrogens is 2. The molecule has 0 radical (unpaired) electrons. The molecule has 0 aliphatic carbocycles. The highest BCUT2D eigenvalue weighted by Gasteiger charge is 2.21. The van der Waals surface area contributed by atoms with Gasteiger partial charge in [-0.25, -0.2) is 0 Å². The minimum atomic E-state index is -0.251. The number of rotatable bonds is 9. The molecule has 5 heteroatoms. The summed E-state index contributed by atoms with van der Waals surface area (Å²) in [7, 11) is 1.98. The molecule has 5 nitrogen and oxygen atoms in total. The molecule has 0 aliphatic rings. The van der Waals surface area contributed by atoms with E-state index in [0.717, 1.165) is 40.2 Å². The Morgan fingerprint density at radius 2 is 1.84 bits per heavy atom. The minimum absolute atomic E-state index is 0.0696. The summed E-state index contributed by atoms with van der Waals surface area (Å²) in [5, 5.41) is 0. The van der Waals surface area contributed by atoms with E-state index in [-0.39, 0.29) is 24.3 Å². The van der Waals surface area contributed by atoms with Gasteiger partial charge in [-0.3, -0.25) is 14.6 Å². The molecule has 0 fully saturated rings. The third-order valence-corrected chi connectivity index (χ3v) is 5.69. The number of carbonyl (C=O) groups excluding carboxylic acids is 2. The molecule has 0 saturated carbocycles. The Bertz CT molecular complexity index is 1050. The number of benzene rings is 1. The fourth-order valence-electron chi connectivity index (χ4n) is 3.89. The summed E-state index contributed by atoms with van der Waals surface area (Å²) in [5.74, 6) is -0.386. The van der Waals surface area contributed by atoms with E-state index in [0.29, 0.717) is 12.8 Å². The average molecular weight is 419 g/mol. The van der Waals surface area contributed by atoms with Crippen molar-refractivity contribution in [2.45, 2.75) is 46.6 Å². The van der Waals surface area contributed by atoms with Crippen LogP contribution in [0.3, 0.4) is 0 Å². The van der Waals surface area contributed by atoms with Crippen molar-refractivity contribution < 1.29 is 14.3 Å². The maximum absolute atomic E-state index is 12.6. The second-order valence-electron chi connectivity index (χ2n) is 7.80. The summed E-state index contributed by atoms with van der Waals surface area (Å²) in [6.07, 6.45) is 3.74. The maximum atomic E-state index is 12.6. The summed E-state index contributed by atoms with van der Waals surface area (Å²) in [5.41, 5.74) is 5.56. The standard InChI is InChI=1S/C26H30N2O3/c1-5-20(26(30)31-17-19-10-8-7-9-11-19)14-22-15-21(12-13-27-22)25-16-23(18(3)29)24(6-2)28(25)4/h7-13,15-16,20H,5-6,14,17H2,1-4H3. The van der Waals surface area contributed by atoms with Crippen LogP contribution in [0.5, 0.6) is 0 Å². The predicted molar refractivity (Wildman–Crippen MR) is 122 cm³/mol. The van der Waals surface area contributed by atoms with Crippen LogP contribution < -0.4 is 0 Å². The van der Waals surface area contributed by atoms with Gasteiger partial charge in [0.2, 0.25) is 0 Å². The molecule has 162 valence electrons. The summed E-state index contributed by atoms with van der Waals surface area (Å²) < 4.78 is 7.61. The second-order valence-corrected chi connectivity index (χ2v) is 7.80. The molecule has 2 heterocycles. The smallest absolute Gasteiger partial charge is 0.309 e. The first-order valence-corrected chi connectivity index (χ1v) is 10.8. The van der Waals surface area contributed by atoms with Crippen molar-refractivity contribution in [1.82, 2.24) is 9.55 Å². The first kappa shape index (κ1) is 22.5. The van der Waals surface area contributed by atoms with E-state index < -0.39 is 0 Å². The molecule has 2 aromatic heterocycles. The number of ketones is 1. The van der Waals surface area contributed by atoms with Gasteiger partial charge in [0.15, 0.2) is 5.78 Å². The summed E-state index contributed by atoms with van der Waals surface area (Å²) >= 11 is 0. The lowest BCUT2D eigenvalue weighted by atomic mass is 9.99. The van der Waals surface area contributed by atoms with Crippen LogP contribution in [0.4, 0.5) is 0 Å². The van der Waals surface area contributed by atoms with Crippen LogP contribution >= 0.6 is 0 Å². The fourth-order valence-corrected chi connectivity index (χ4v) is 3.89. The average Bonchev–Trinajstić information content (AvgIpc) is 3.13. The normalized spacial score (nSPS) is 11.9. The molecule has 1 atom stereocenters. The first-order chi connectivity index (χ1) is 14.9. The molecule has 0 bridgehead atoms. The van der Waals surface area contributed by atoms with Crippen molar-refractivity contribution in [2.75, 3.05) is 0 Å². The zero-order valence-corrected chi connectivity index (χ0v) is 18.7. The molecular formula is C26H30N2O3. The molecular weight excluding hydrogens is 388 g/mol. The van der Waals surface area contributed by atoms with Crippen molar-refractivity contribution >= 4 is 11.8 Å². The van der Waals surface area contributed by atoms with Crippen molar-refractivity contribution in [3.05, 3.63) is 77.2 Å². The Hall–Kier alpha value is -3.21. The number of carbonyl (C=O) groups is 2. The van der Waals surface area contributed by atoms with E-state index in [4.69, 9.17) is 4.74 Å². The van der Waals surface area contributed by atoms with E-state index >= 15 is 0 Å². The number of ether oxygens (including phenoxy) is 1. The highest BCUT2D eigenvalue weighted by molar-refractivity contribution is 5.97. The van der Waals surface area contributed by atoms with Gasteiger partial charge >= 0.3 is 5.97 Å². The van der Waals surface area contributed by atoms with Crippen LogP contribution in [-0.2, 0) is 36.0 Å². The van der Waals surface area contributed by atoms with Crippen LogP contribution in [0, 0.1) is 5.92 Å². The van der Waals surface area contributed by atoms with Gasteiger partial charge in [0.25, 0.3) is 0 Å². The Morgan fingerprint density at radius 1 is 1.10 bits per heavy atom. The summed E-state index contributed by atoms with van der Waals surface area (Å²) in [4.78, 5) is 29.1. The topological polar surface area (TPSA) is 61.2 Å². The zero-order chi connectivity index (χ0) is 22.4. The van der Waals surface area contributed by atoms with Gasteiger partial charge in [-0.2, -0.15) is 0 Å². The van der Waals surface area contributed by atoms with Gasteiger partial charge < -0.3 is 9.30 Å². The van der Waals surface area contributed by atoms with E-state index in [2.05, 4.69) is 16.5 Å². The zero-order valence-electron chi connectivity index (χ0n) is 18.7. The van der Waals surface area contributed by atoms with Crippen molar-refractivity contribution in [2.24, 2.45) is 13.0 Å². The van der Waals surface area contributed by atoms with Crippen LogP contribution in [0.15, 0.2) is 54.7 Å². The largest absolute Gasteiger partial charge is 0.461 e. The van der Waals surface area contributed by atoms with Crippen LogP contribution in [0.1, 0.15) is 54.5 Å². The lowest BCUT2D eigenvalue weighted by Crippen LogP contribution is -2.20. The molecule has 1 unspecified atom stereocenters. The molecule has 0 N–H and O–H groups in total. The van der Waals surface area contributed by atoms with Crippen molar-refractivity contribution in [3.8, 4) is 11.3 Å². The Morgan fingerprint density at radius 3 is 2.45 bits per heavy atom. The fraction of sp³-hybridized carbons (Fsp3) is 0.346. The van der Waals surface area contributed by atoms with Gasteiger partial charge in [-0.05, 0) is 43.5 Å². The van der Waals surface area contributed by atoms with E-state index in [1.165, 1.54) is 0 Å². The van der Waals surface area contributed by atoms with E-state index in [1.807, 2.05) is 62.5 Å². The molecule has 0 amide bonds. The number of nitrogens with zero attached hydrogens (tertiary/aromatic N) is 2. The van der Waals surface area contributed by atoms with Gasteiger partial charge in [0.1, 0.15) is 6.61 Å². The van der Waals surface area contributed by atoms with E-state index in [9.17, 15) is 9.59 Å². The molecule has 0 saturated heterocycles. The molecule has 0 spiro atoms. The molecule has 3 aromatic rings. The molecule has 1 aromatic carbocycles. The lowest BCUT2D eigenvalue weighted by Gasteiger charge is -2.15. The number of esters is 1. The summed E-state index contributed by atoms with van der Waals surface area (Å²) in [6.45, 7) is 5.92. The Balaban J connectivity index is 1.76. The summed E-state index contributed by atoms with van der Waals surface area (Å²) in [6, 6.07) is 15.6. The van der Waals surface area contributed by atoms with Gasteiger partial charge in [-0.1, -0.05) is 44.2 Å². The highest BCUT2D eigenvalue weighted by Crippen LogP contribution is 2.27. The van der Waals surface area contributed by atoms with Crippen LogP contribution in [0.2, 0.25) is 0 Å². The van der Waals surface area contributed by atoms with Crippen molar-refractivity contribution in [3.63, 3.8) is 0 Å². The number of hydrogen-bond donors (Lipinski definition) is 0. The molecule has 0 aliphatic heterocycles. The van der Waals surface area contributed by atoms with Gasteiger partial charge in [-0.15, -0.1) is 0 Å². The molecule has 3 rings (SSSR count). The van der Waals surface area contributed by atoms with Crippen molar-refractivity contribution in [1.29, 1.82) is 0 Å². The maximum Gasteiger partial charge on any atom is 0.309 e. The highest BCUT2D eigenvalue weighted by atomic mass is 16.5.